The molecule has 0 radical (unpaired) electrons. The number of benzene rings is 1. The topological polar surface area (TPSA) is 38.5 Å². The average Bonchev–Trinajstić information content (AvgIpc) is 2.84. The first-order chi connectivity index (χ1) is 8.24. The van der Waals surface area contributed by atoms with E-state index >= 15 is 0 Å². The van der Waals surface area contributed by atoms with Crippen LogP contribution in [0.1, 0.15) is 18.4 Å². The van der Waals surface area contributed by atoms with Gasteiger partial charge in [0.2, 0.25) is 0 Å². The molecule has 2 atom stereocenters. The molecule has 0 spiro atoms. The molecular weight excluding hydrogens is 212 g/mol. The summed E-state index contributed by atoms with van der Waals surface area (Å²) in [6.45, 7) is 3.65. The lowest BCUT2D eigenvalue weighted by Crippen LogP contribution is -2.46. The van der Waals surface area contributed by atoms with Crippen molar-refractivity contribution >= 4 is 5.69 Å². The Morgan fingerprint density at radius 2 is 2.24 bits per heavy atom. The first kappa shape index (κ1) is 12.4. The largest absolute Gasteiger partial charge is 0.376 e. The molecule has 1 fully saturated rings. The van der Waals surface area contributed by atoms with Crippen LogP contribution in [0.25, 0.3) is 0 Å². The van der Waals surface area contributed by atoms with Gasteiger partial charge in [-0.15, -0.1) is 0 Å². The van der Waals surface area contributed by atoms with Gasteiger partial charge in [-0.1, -0.05) is 18.2 Å². The van der Waals surface area contributed by atoms with Crippen LogP contribution in [0.4, 0.5) is 5.69 Å². The number of hydrogen-bond acceptors (Lipinski definition) is 3. The van der Waals surface area contributed by atoms with Gasteiger partial charge in [-0.05, 0) is 31.4 Å². The molecule has 3 heteroatoms. The minimum Gasteiger partial charge on any atom is -0.376 e. The van der Waals surface area contributed by atoms with Crippen LogP contribution in [0.3, 0.4) is 0 Å². The van der Waals surface area contributed by atoms with E-state index in [4.69, 9.17) is 10.5 Å². The highest BCUT2D eigenvalue weighted by molar-refractivity contribution is 5.53. The maximum Gasteiger partial charge on any atom is 0.0791 e. The summed E-state index contributed by atoms with van der Waals surface area (Å²) in [5.41, 5.74) is 8.45. The second-order valence-corrected chi connectivity index (χ2v) is 4.75. The molecule has 1 saturated heterocycles. The standard InChI is InChI=1S/C14H22N2O/c1-11-6-3-4-7-12(11)16(2)13(10-15)14-8-5-9-17-14/h3-4,6-7,13-14H,5,8-10,15H2,1-2H3. The average molecular weight is 234 g/mol. The highest BCUT2D eigenvalue weighted by Crippen LogP contribution is 2.25. The van der Waals surface area contributed by atoms with Gasteiger partial charge in [-0.25, -0.2) is 0 Å². The van der Waals surface area contributed by atoms with E-state index in [0.717, 1.165) is 19.4 Å². The van der Waals surface area contributed by atoms with Crippen molar-refractivity contribution in [3.05, 3.63) is 29.8 Å². The van der Waals surface area contributed by atoms with E-state index < -0.39 is 0 Å². The molecule has 1 aliphatic rings. The van der Waals surface area contributed by atoms with Gasteiger partial charge in [0.05, 0.1) is 12.1 Å². The molecule has 2 rings (SSSR count). The molecule has 0 bridgehead atoms. The fourth-order valence-corrected chi connectivity index (χ4v) is 2.60. The SMILES string of the molecule is Cc1ccccc1N(C)C(CN)C1CCCO1. The van der Waals surface area contributed by atoms with E-state index in [1.54, 1.807) is 0 Å². The second kappa shape index (κ2) is 5.52. The summed E-state index contributed by atoms with van der Waals surface area (Å²) in [5.74, 6) is 0. The van der Waals surface area contributed by atoms with Gasteiger partial charge >= 0.3 is 0 Å². The fraction of sp³-hybridized carbons (Fsp3) is 0.571. The van der Waals surface area contributed by atoms with E-state index in [1.807, 2.05) is 0 Å². The van der Waals surface area contributed by atoms with E-state index in [2.05, 4.69) is 43.1 Å². The molecular formula is C14H22N2O. The van der Waals surface area contributed by atoms with Gasteiger partial charge in [0.25, 0.3) is 0 Å². The van der Waals surface area contributed by atoms with Crippen LogP contribution in [-0.4, -0.2) is 32.3 Å². The quantitative estimate of drug-likeness (QED) is 0.865. The minimum atomic E-state index is 0.276. The number of nitrogens with two attached hydrogens (primary N) is 1. The van der Waals surface area contributed by atoms with Gasteiger partial charge < -0.3 is 15.4 Å². The summed E-state index contributed by atoms with van der Waals surface area (Å²) >= 11 is 0. The van der Waals surface area contributed by atoms with Crippen LogP contribution in [-0.2, 0) is 4.74 Å². The summed E-state index contributed by atoms with van der Waals surface area (Å²) in [4.78, 5) is 2.27. The molecule has 1 aromatic carbocycles. The van der Waals surface area contributed by atoms with Crippen molar-refractivity contribution in [1.82, 2.24) is 0 Å². The van der Waals surface area contributed by atoms with Gasteiger partial charge in [-0.2, -0.15) is 0 Å². The van der Waals surface area contributed by atoms with Crippen molar-refractivity contribution in [2.45, 2.75) is 31.9 Å². The van der Waals surface area contributed by atoms with E-state index in [-0.39, 0.29) is 12.1 Å². The molecule has 0 saturated carbocycles. The molecule has 3 nitrogen and oxygen atoms in total. The number of para-hydroxylation sites is 1. The molecule has 0 aliphatic carbocycles. The smallest absolute Gasteiger partial charge is 0.0791 e. The third kappa shape index (κ3) is 2.61. The third-order valence-electron chi connectivity index (χ3n) is 3.63. The number of hydrogen-bond donors (Lipinski definition) is 1. The van der Waals surface area contributed by atoms with Crippen LogP contribution in [0.15, 0.2) is 24.3 Å². The van der Waals surface area contributed by atoms with E-state index in [9.17, 15) is 0 Å². The number of rotatable bonds is 4. The molecule has 0 amide bonds. The highest BCUT2D eigenvalue weighted by atomic mass is 16.5. The Hall–Kier alpha value is -1.06. The first-order valence-electron chi connectivity index (χ1n) is 6.34. The first-order valence-corrected chi connectivity index (χ1v) is 6.34. The number of nitrogens with zero attached hydrogens (tertiary/aromatic N) is 1. The fourth-order valence-electron chi connectivity index (χ4n) is 2.60. The van der Waals surface area contributed by atoms with Crippen molar-refractivity contribution in [3.63, 3.8) is 0 Å². The van der Waals surface area contributed by atoms with Crippen LogP contribution in [0.5, 0.6) is 0 Å². The van der Waals surface area contributed by atoms with Crippen LogP contribution in [0, 0.1) is 6.92 Å². The lowest BCUT2D eigenvalue weighted by atomic mass is 10.0. The zero-order chi connectivity index (χ0) is 12.3. The normalized spacial score (nSPS) is 21.5. The Morgan fingerprint density at radius 3 is 2.82 bits per heavy atom. The Labute approximate surface area is 104 Å². The Bertz CT molecular complexity index is 361. The van der Waals surface area contributed by atoms with Gasteiger partial charge in [0.1, 0.15) is 0 Å². The van der Waals surface area contributed by atoms with Gasteiger partial charge in [-0.3, -0.25) is 0 Å². The number of likely N-dealkylation sites (N-methyl/N-ethyl adjacent to an activating group) is 1. The van der Waals surface area contributed by atoms with Crippen molar-refractivity contribution in [1.29, 1.82) is 0 Å². The molecule has 2 unspecified atom stereocenters. The number of ether oxygens (including phenoxy) is 1. The van der Waals surface area contributed by atoms with Crippen molar-refractivity contribution in [2.75, 3.05) is 25.1 Å². The Kier molecular flexibility index (Phi) is 4.02. The number of anilines is 1. The lowest BCUT2D eigenvalue weighted by molar-refractivity contribution is 0.0906. The number of aryl methyl sites for hydroxylation is 1. The van der Waals surface area contributed by atoms with E-state index in [0.29, 0.717) is 6.54 Å². The minimum absolute atomic E-state index is 0.276. The zero-order valence-electron chi connectivity index (χ0n) is 10.7. The van der Waals surface area contributed by atoms with Crippen molar-refractivity contribution < 1.29 is 4.74 Å². The Morgan fingerprint density at radius 1 is 1.47 bits per heavy atom. The van der Waals surface area contributed by atoms with Gasteiger partial charge in [0.15, 0.2) is 0 Å². The summed E-state index contributed by atoms with van der Waals surface area (Å²) in [7, 11) is 2.11. The van der Waals surface area contributed by atoms with Gasteiger partial charge in [0, 0.05) is 25.9 Å². The van der Waals surface area contributed by atoms with Crippen molar-refractivity contribution in [2.24, 2.45) is 5.73 Å². The molecule has 1 heterocycles. The maximum atomic E-state index is 5.92. The monoisotopic (exact) mass is 234 g/mol. The summed E-state index contributed by atoms with van der Waals surface area (Å²) in [6.07, 6.45) is 2.56. The third-order valence-corrected chi connectivity index (χ3v) is 3.63. The molecule has 0 aromatic heterocycles. The second-order valence-electron chi connectivity index (χ2n) is 4.75. The van der Waals surface area contributed by atoms with Crippen LogP contribution < -0.4 is 10.6 Å². The predicted octanol–water partition coefficient (Wildman–Crippen LogP) is 1.94. The summed E-state index contributed by atoms with van der Waals surface area (Å²) in [6, 6.07) is 8.69. The lowest BCUT2D eigenvalue weighted by Gasteiger charge is -2.33. The summed E-state index contributed by atoms with van der Waals surface area (Å²) in [5, 5.41) is 0. The zero-order valence-corrected chi connectivity index (χ0v) is 10.7. The molecule has 1 aromatic rings. The predicted molar refractivity (Wildman–Crippen MR) is 71.4 cm³/mol. The molecule has 2 N–H and O–H groups in total. The highest BCUT2D eigenvalue weighted by Gasteiger charge is 2.28. The van der Waals surface area contributed by atoms with Crippen LogP contribution >= 0.6 is 0 Å². The molecule has 94 valence electrons. The van der Waals surface area contributed by atoms with Crippen molar-refractivity contribution in [3.8, 4) is 0 Å². The van der Waals surface area contributed by atoms with E-state index in [1.165, 1.54) is 11.3 Å². The Balaban J connectivity index is 2.16. The molecule has 17 heavy (non-hydrogen) atoms. The van der Waals surface area contributed by atoms with Crippen LogP contribution in [0.2, 0.25) is 0 Å². The maximum absolute atomic E-state index is 5.92. The molecule has 1 aliphatic heterocycles. The summed E-state index contributed by atoms with van der Waals surface area (Å²) < 4.78 is 5.77.